The topological polar surface area (TPSA) is 78.4 Å². The maximum atomic E-state index is 12.2. The number of phenols is 1. The number of rotatable bonds is 7. The standard InChI is InChI=1S/C23H26N2O3/c26-21-12-6-18(7-13-21)9-15-23(28)25-20-11-10-19(16-20)24-22(27)14-8-17-4-2-1-3-5-17/h1-8,12-14,19-20,26H,9-11,15-16H2,(H,24,27)(H,25,28)/t19-,20+/m1/s1. The molecule has 3 rings (SSSR count). The van der Waals surface area contributed by atoms with Gasteiger partial charge in [0.05, 0.1) is 0 Å². The number of benzene rings is 2. The van der Waals surface area contributed by atoms with E-state index in [0.717, 1.165) is 30.4 Å². The smallest absolute Gasteiger partial charge is 0.244 e. The van der Waals surface area contributed by atoms with E-state index >= 15 is 0 Å². The van der Waals surface area contributed by atoms with Crippen LogP contribution < -0.4 is 10.6 Å². The molecule has 1 aliphatic carbocycles. The normalized spacial score (nSPS) is 18.9. The summed E-state index contributed by atoms with van der Waals surface area (Å²) in [6, 6.07) is 16.8. The van der Waals surface area contributed by atoms with E-state index in [-0.39, 0.29) is 29.6 Å². The number of hydrogen-bond acceptors (Lipinski definition) is 3. The van der Waals surface area contributed by atoms with Crippen molar-refractivity contribution in [2.45, 2.75) is 44.2 Å². The first-order valence-corrected chi connectivity index (χ1v) is 9.69. The third-order valence-electron chi connectivity index (χ3n) is 4.95. The van der Waals surface area contributed by atoms with Crippen molar-refractivity contribution in [3.05, 3.63) is 71.8 Å². The SMILES string of the molecule is O=C(C=Cc1ccccc1)N[C@@H]1CC[C@H](NC(=O)CCc2ccc(O)cc2)C1. The molecule has 0 bridgehead atoms. The molecule has 146 valence electrons. The third-order valence-corrected chi connectivity index (χ3v) is 4.95. The minimum Gasteiger partial charge on any atom is -0.508 e. The van der Waals surface area contributed by atoms with E-state index in [2.05, 4.69) is 10.6 Å². The molecule has 5 heteroatoms. The van der Waals surface area contributed by atoms with Crippen LogP contribution in [0.15, 0.2) is 60.7 Å². The lowest BCUT2D eigenvalue weighted by Crippen LogP contribution is -2.36. The van der Waals surface area contributed by atoms with Crippen LogP contribution in [0.4, 0.5) is 0 Å². The highest BCUT2D eigenvalue weighted by Gasteiger charge is 2.26. The Balaban J connectivity index is 1.37. The van der Waals surface area contributed by atoms with Gasteiger partial charge in [-0.15, -0.1) is 0 Å². The average molecular weight is 378 g/mol. The average Bonchev–Trinajstić information content (AvgIpc) is 3.13. The highest BCUT2D eigenvalue weighted by molar-refractivity contribution is 5.91. The minimum absolute atomic E-state index is 0.0222. The second kappa shape index (κ2) is 9.74. The zero-order valence-corrected chi connectivity index (χ0v) is 15.8. The zero-order valence-electron chi connectivity index (χ0n) is 15.8. The highest BCUT2D eigenvalue weighted by Crippen LogP contribution is 2.19. The summed E-state index contributed by atoms with van der Waals surface area (Å²) in [5.74, 6) is 0.146. The van der Waals surface area contributed by atoms with Crippen LogP contribution >= 0.6 is 0 Å². The quantitative estimate of drug-likeness (QED) is 0.648. The molecule has 0 spiro atoms. The molecule has 5 nitrogen and oxygen atoms in total. The summed E-state index contributed by atoms with van der Waals surface area (Å²) in [6.45, 7) is 0. The second-order valence-electron chi connectivity index (χ2n) is 7.19. The first kappa shape index (κ1) is 19.7. The lowest BCUT2D eigenvalue weighted by atomic mass is 10.1. The first-order chi connectivity index (χ1) is 13.6. The summed E-state index contributed by atoms with van der Waals surface area (Å²) >= 11 is 0. The molecule has 2 atom stereocenters. The van der Waals surface area contributed by atoms with Gasteiger partial charge in [0.2, 0.25) is 11.8 Å². The van der Waals surface area contributed by atoms with Gasteiger partial charge in [0.1, 0.15) is 5.75 Å². The van der Waals surface area contributed by atoms with Gasteiger partial charge >= 0.3 is 0 Å². The Morgan fingerprint density at radius 2 is 1.64 bits per heavy atom. The Hall–Kier alpha value is -3.08. The molecule has 0 saturated heterocycles. The molecule has 0 unspecified atom stereocenters. The summed E-state index contributed by atoms with van der Waals surface area (Å²) in [5.41, 5.74) is 2.01. The number of aryl methyl sites for hydroxylation is 1. The predicted molar refractivity (Wildman–Crippen MR) is 110 cm³/mol. The lowest BCUT2D eigenvalue weighted by molar-refractivity contribution is -0.121. The van der Waals surface area contributed by atoms with Gasteiger partial charge in [-0.1, -0.05) is 42.5 Å². The molecule has 2 aromatic rings. The summed E-state index contributed by atoms with van der Waals surface area (Å²) in [6.07, 6.45) is 6.91. The summed E-state index contributed by atoms with van der Waals surface area (Å²) in [5, 5.41) is 15.4. The fraction of sp³-hybridized carbons (Fsp3) is 0.304. The van der Waals surface area contributed by atoms with Crippen LogP contribution in [-0.2, 0) is 16.0 Å². The van der Waals surface area contributed by atoms with E-state index in [0.29, 0.717) is 12.8 Å². The van der Waals surface area contributed by atoms with E-state index in [9.17, 15) is 14.7 Å². The molecule has 1 aliphatic rings. The maximum absolute atomic E-state index is 12.2. The van der Waals surface area contributed by atoms with Crippen LogP contribution in [0, 0.1) is 0 Å². The van der Waals surface area contributed by atoms with E-state index in [1.807, 2.05) is 42.5 Å². The highest BCUT2D eigenvalue weighted by atomic mass is 16.3. The Morgan fingerprint density at radius 3 is 2.36 bits per heavy atom. The van der Waals surface area contributed by atoms with E-state index in [1.165, 1.54) is 0 Å². The van der Waals surface area contributed by atoms with Crippen LogP contribution in [-0.4, -0.2) is 29.0 Å². The zero-order chi connectivity index (χ0) is 19.8. The fourth-order valence-electron chi connectivity index (χ4n) is 3.45. The minimum atomic E-state index is -0.104. The van der Waals surface area contributed by atoms with Crippen LogP contribution in [0.5, 0.6) is 5.75 Å². The molecule has 28 heavy (non-hydrogen) atoms. The van der Waals surface area contributed by atoms with Crippen LogP contribution in [0.1, 0.15) is 36.8 Å². The Kier molecular flexibility index (Phi) is 6.84. The van der Waals surface area contributed by atoms with Gasteiger partial charge in [0.15, 0.2) is 0 Å². The van der Waals surface area contributed by atoms with Crippen LogP contribution in [0.3, 0.4) is 0 Å². The number of phenolic OH excluding ortho intramolecular Hbond substituents is 1. The first-order valence-electron chi connectivity index (χ1n) is 9.69. The molecule has 0 heterocycles. The molecule has 2 amide bonds. The molecular weight excluding hydrogens is 352 g/mol. The van der Waals surface area contributed by atoms with Gasteiger partial charge in [-0.3, -0.25) is 9.59 Å². The van der Waals surface area contributed by atoms with Gasteiger partial charge in [0, 0.05) is 24.6 Å². The number of amides is 2. The van der Waals surface area contributed by atoms with E-state index in [1.54, 1.807) is 24.3 Å². The molecule has 0 radical (unpaired) electrons. The Bertz CT molecular complexity index is 816. The fourth-order valence-corrected chi connectivity index (χ4v) is 3.45. The van der Waals surface area contributed by atoms with Crippen molar-refractivity contribution in [1.29, 1.82) is 0 Å². The van der Waals surface area contributed by atoms with Gasteiger partial charge in [-0.05, 0) is 55.0 Å². The van der Waals surface area contributed by atoms with Crippen molar-refractivity contribution in [3.8, 4) is 5.75 Å². The Labute approximate surface area is 165 Å². The van der Waals surface area contributed by atoms with Crippen molar-refractivity contribution in [1.82, 2.24) is 10.6 Å². The summed E-state index contributed by atoms with van der Waals surface area (Å²) in [4.78, 5) is 24.2. The van der Waals surface area contributed by atoms with Gasteiger partial charge < -0.3 is 15.7 Å². The van der Waals surface area contributed by atoms with Gasteiger partial charge in [0.25, 0.3) is 0 Å². The summed E-state index contributed by atoms with van der Waals surface area (Å²) in [7, 11) is 0. The third kappa shape index (κ3) is 6.27. The monoisotopic (exact) mass is 378 g/mol. The molecule has 1 saturated carbocycles. The largest absolute Gasteiger partial charge is 0.508 e. The number of carbonyl (C=O) groups is 2. The molecule has 3 N–H and O–H groups in total. The molecular formula is C23H26N2O3. The number of aromatic hydroxyl groups is 1. The van der Waals surface area contributed by atoms with Crippen LogP contribution in [0.25, 0.3) is 6.08 Å². The van der Waals surface area contributed by atoms with Gasteiger partial charge in [-0.2, -0.15) is 0 Å². The molecule has 1 fully saturated rings. The number of carbonyl (C=O) groups excluding carboxylic acids is 2. The van der Waals surface area contributed by atoms with Crippen molar-refractivity contribution < 1.29 is 14.7 Å². The van der Waals surface area contributed by atoms with Crippen molar-refractivity contribution in [2.24, 2.45) is 0 Å². The Morgan fingerprint density at radius 1 is 0.964 bits per heavy atom. The molecule has 0 aromatic heterocycles. The predicted octanol–water partition coefficient (Wildman–Crippen LogP) is 3.19. The number of nitrogens with one attached hydrogen (secondary N) is 2. The molecule has 0 aliphatic heterocycles. The van der Waals surface area contributed by atoms with Gasteiger partial charge in [-0.25, -0.2) is 0 Å². The van der Waals surface area contributed by atoms with Crippen molar-refractivity contribution in [3.63, 3.8) is 0 Å². The summed E-state index contributed by atoms with van der Waals surface area (Å²) < 4.78 is 0. The maximum Gasteiger partial charge on any atom is 0.244 e. The van der Waals surface area contributed by atoms with Crippen LogP contribution in [0.2, 0.25) is 0 Å². The van der Waals surface area contributed by atoms with Crippen molar-refractivity contribution >= 4 is 17.9 Å². The van der Waals surface area contributed by atoms with E-state index < -0.39 is 0 Å². The van der Waals surface area contributed by atoms with Crippen molar-refractivity contribution in [2.75, 3.05) is 0 Å². The molecule has 2 aromatic carbocycles. The second-order valence-corrected chi connectivity index (χ2v) is 7.19. The van der Waals surface area contributed by atoms with E-state index in [4.69, 9.17) is 0 Å². The number of hydrogen-bond donors (Lipinski definition) is 3. The lowest BCUT2D eigenvalue weighted by Gasteiger charge is -2.14.